The highest BCUT2D eigenvalue weighted by Crippen LogP contribution is 2.33. The maximum absolute atomic E-state index is 13.1. The van der Waals surface area contributed by atoms with Crippen molar-refractivity contribution in [1.29, 1.82) is 0 Å². The minimum Gasteiger partial charge on any atom is -0.316 e. The standard InChI is InChI=1S/C15H19ClFNO/c1-2-5-15(6-7-18-10-15)14(19)9-11-3-4-13(17)12(16)8-11/h3-4,8,18H,2,5-7,9-10H2,1H3. The Kier molecular flexibility index (Phi) is 4.58. The summed E-state index contributed by atoms with van der Waals surface area (Å²) >= 11 is 5.75. The van der Waals surface area contributed by atoms with Crippen molar-refractivity contribution in [3.63, 3.8) is 0 Å². The Morgan fingerprint density at radius 2 is 2.32 bits per heavy atom. The predicted molar refractivity (Wildman–Crippen MR) is 74.9 cm³/mol. The molecule has 1 aliphatic heterocycles. The van der Waals surface area contributed by atoms with Gasteiger partial charge in [-0.3, -0.25) is 4.79 Å². The highest BCUT2D eigenvalue weighted by molar-refractivity contribution is 6.30. The van der Waals surface area contributed by atoms with Gasteiger partial charge in [0.2, 0.25) is 0 Å². The van der Waals surface area contributed by atoms with Gasteiger partial charge in [-0.1, -0.05) is 31.0 Å². The zero-order valence-corrected chi connectivity index (χ0v) is 11.9. The van der Waals surface area contributed by atoms with E-state index in [4.69, 9.17) is 11.6 Å². The van der Waals surface area contributed by atoms with Crippen LogP contribution in [0.4, 0.5) is 4.39 Å². The Bertz CT molecular complexity index is 469. The number of Topliss-reactive ketones (excluding diaryl/α,β-unsaturated/α-hetero) is 1. The average Bonchev–Trinajstić information content (AvgIpc) is 2.84. The normalized spacial score (nSPS) is 22.7. The molecule has 1 heterocycles. The lowest BCUT2D eigenvalue weighted by Crippen LogP contribution is -2.34. The Labute approximate surface area is 118 Å². The maximum Gasteiger partial charge on any atom is 0.144 e. The van der Waals surface area contributed by atoms with E-state index in [9.17, 15) is 9.18 Å². The van der Waals surface area contributed by atoms with E-state index in [1.807, 2.05) is 0 Å². The number of halogens is 2. The van der Waals surface area contributed by atoms with Crippen molar-refractivity contribution in [3.05, 3.63) is 34.6 Å². The summed E-state index contributed by atoms with van der Waals surface area (Å²) in [6.45, 7) is 3.76. The van der Waals surface area contributed by atoms with Crippen molar-refractivity contribution in [2.75, 3.05) is 13.1 Å². The number of hydrogen-bond donors (Lipinski definition) is 1. The van der Waals surface area contributed by atoms with Crippen molar-refractivity contribution in [1.82, 2.24) is 5.32 Å². The molecule has 2 rings (SSSR count). The first-order valence-corrected chi connectivity index (χ1v) is 7.13. The third kappa shape index (κ3) is 3.15. The molecular formula is C15H19ClFNO. The van der Waals surface area contributed by atoms with Crippen LogP contribution in [0.5, 0.6) is 0 Å². The molecule has 2 nitrogen and oxygen atoms in total. The number of benzene rings is 1. The fraction of sp³-hybridized carbons (Fsp3) is 0.533. The molecule has 1 aromatic carbocycles. The average molecular weight is 284 g/mol. The van der Waals surface area contributed by atoms with Gasteiger partial charge in [0.15, 0.2) is 0 Å². The fourth-order valence-electron chi connectivity index (χ4n) is 2.84. The molecule has 0 bridgehead atoms. The zero-order chi connectivity index (χ0) is 13.9. The Morgan fingerprint density at radius 1 is 1.53 bits per heavy atom. The molecule has 1 aliphatic rings. The second kappa shape index (κ2) is 6.02. The SMILES string of the molecule is CCCC1(C(=O)Cc2ccc(F)c(Cl)c2)CCNC1. The molecule has 0 saturated carbocycles. The van der Waals surface area contributed by atoms with Crippen LogP contribution in [0.2, 0.25) is 5.02 Å². The molecule has 1 fully saturated rings. The molecule has 19 heavy (non-hydrogen) atoms. The summed E-state index contributed by atoms with van der Waals surface area (Å²) in [5, 5.41) is 3.36. The quantitative estimate of drug-likeness (QED) is 0.898. The molecule has 104 valence electrons. The molecule has 0 aromatic heterocycles. The first kappa shape index (κ1) is 14.5. The summed E-state index contributed by atoms with van der Waals surface area (Å²) in [5.74, 6) is -0.203. The summed E-state index contributed by atoms with van der Waals surface area (Å²) in [4.78, 5) is 12.5. The van der Waals surface area contributed by atoms with Crippen LogP contribution in [0, 0.1) is 11.2 Å². The summed E-state index contributed by atoms with van der Waals surface area (Å²) in [7, 11) is 0. The Hall–Kier alpha value is -0.930. The summed E-state index contributed by atoms with van der Waals surface area (Å²) in [6.07, 6.45) is 3.14. The molecule has 1 atom stereocenters. The second-order valence-electron chi connectivity index (χ2n) is 5.31. The van der Waals surface area contributed by atoms with Crippen LogP contribution in [0.15, 0.2) is 18.2 Å². The number of ketones is 1. The molecule has 4 heteroatoms. The first-order valence-electron chi connectivity index (χ1n) is 6.75. The van der Waals surface area contributed by atoms with Crippen LogP contribution in [-0.4, -0.2) is 18.9 Å². The van der Waals surface area contributed by atoms with Gasteiger partial charge in [0.25, 0.3) is 0 Å². The molecule has 1 N–H and O–H groups in total. The summed E-state index contributed by atoms with van der Waals surface area (Å²) in [6, 6.07) is 4.52. The van der Waals surface area contributed by atoms with E-state index in [-0.39, 0.29) is 16.2 Å². The van der Waals surface area contributed by atoms with Crippen molar-refractivity contribution < 1.29 is 9.18 Å². The minimum absolute atomic E-state index is 0.0828. The highest BCUT2D eigenvalue weighted by Gasteiger charge is 2.39. The van der Waals surface area contributed by atoms with E-state index in [2.05, 4.69) is 12.2 Å². The van der Waals surface area contributed by atoms with Crippen LogP contribution >= 0.6 is 11.6 Å². The van der Waals surface area contributed by atoms with Crippen molar-refractivity contribution in [2.45, 2.75) is 32.6 Å². The second-order valence-corrected chi connectivity index (χ2v) is 5.71. The van der Waals surface area contributed by atoms with E-state index in [1.165, 1.54) is 6.07 Å². The Morgan fingerprint density at radius 3 is 2.89 bits per heavy atom. The van der Waals surface area contributed by atoms with E-state index >= 15 is 0 Å². The van der Waals surface area contributed by atoms with E-state index in [1.54, 1.807) is 12.1 Å². The molecule has 1 aromatic rings. The highest BCUT2D eigenvalue weighted by atomic mass is 35.5. The lowest BCUT2D eigenvalue weighted by Gasteiger charge is -2.26. The van der Waals surface area contributed by atoms with Crippen LogP contribution in [0.25, 0.3) is 0 Å². The van der Waals surface area contributed by atoms with Crippen LogP contribution in [-0.2, 0) is 11.2 Å². The van der Waals surface area contributed by atoms with Crippen molar-refractivity contribution >= 4 is 17.4 Å². The smallest absolute Gasteiger partial charge is 0.144 e. The molecule has 0 amide bonds. The van der Waals surface area contributed by atoms with E-state index in [0.29, 0.717) is 6.42 Å². The molecule has 1 unspecified atom stereocenters. The summed E-state index contributed by atoms with van der Waals surface area (Å²) < 4.78 is 13.1. The van der Waals surface area contributed by atoms with Gasteiger partial charge in [-0.15, -0.1) is 0 Å². The molecular weight excluding hydrogens is 265 g/mol. The number of hydrogen-bond acceptors (Lipinski definition) is 2. The van der Waals surface area contributed by atoms with Crippen LogP contribution in [0.1, 0.15) is 31.7 Å². The monoisotopic (exact) mass is 283 g/mol. The molecule has 0 spiro atoms. The minimum atomic E-state index is -0.441. The predicted octanol–water partition coefficient (Wildman–Crippen LogP) is 3.37. The number of rotatable bonds is 5. The topological polar surface area (TPSA) is 29.1 Å². The first-order chi connectivity index (χ1) is 9.07. The van der Waals surface area contributed by atoms with Gasteiger partial charge in [-0.25, -0.2) is 4.39 Å². The van der Waals surface area contributed by atoms with Gasteiger partial charge in [-0.05, 0) is 37.1 Å². The van der Waals surface area contributed by atoms with E-state index < -0.39 is 5.82 Å². The maximum atomic E-state index is 13.1. The number of carbonyl (C=O) groups is 1. The van der Waals surface area contributed by atoms with Gasteiger partial charge in [0.05, 0.1) is 5.02 Å². The molecule has 0 radical (unpaired) electrons. The lowest BCUT2D eigenvalue weighted by molar-refractivity contribution is -0.127. The number of carbonyl (C=O) groups excluding carboxylic acids is 1. The number of nitrogens with one attached hydrogen (secondary N) is 1. The lowest BCUT2D eigenvalue weighted by atomic mass is 9.76. The van der Waals surface area contributed by atoms with Gasteiger partial charge in [0.1, 0.15) is 11.6 Å². The fourth-order valence-corrected chi connectivity index (χ4v) is 3.04. The van der Waals surface area contributed by atoms with Crippen molar-refractivity contribution in [3.8, 4) is 0 Å². The van der Waals surface area contributed by atoms with Crippen LogP contribution in [0.3, 0.4) is 0 Å². The van der Waals surface area contributed by atoms with Crippen molar-refractivity contribution in [2.24, 2.45) is 5.41 Å². The molecule has 0 aliphatic carbocycles. The summed E-state index contributed by atoms with van der Waals surface area (Å²) in [5.41, 5.74) is 0.550. The molecule has 1 saturated heterocycles. The largest absolute Gasteiger partial charge is 0.316 e. The zero-order valence-electron chi connectivity index (χ0n) is 11.1. The third-order valence-corrected chi connectivity index (χ3v) is 4.20. The van der Waals surface area contributed by atoms with Crippen LogP contribution < -0.4 is 5.32 Å². The van der Waals surface area contributed by atoms with Gasteiger partial charge in [-0.2, -0.15) is 0 Å². The van der Waals surface area contributed by atoms with Gasteiger partial charge < -0.3 is 5.32 Å². The van der Waals surface area contributed by atoms with E-state index in [0.717, 1.165) is 37.9 Å². The third-order valence-electron chi connectivity index (χ3n) is 3.91. The Balaban J connectivity index is 2.12. The van der Waals surface area contributed by atoms with Gasteiger partial charge >= 0.3 is 0 Å². The van der Waals surface area contributed by atoms with Gasteiger partial charge in [0, 0.05) is 18.4 Å².